The third-order valence-corrected chi connectivity index (χ3v) is 6.81. The molecule has 2 heterocycles. The summed E-state index contributed by atoms with van der Waals surface area (Å²) in [5, 5.41) is 2.04. The van der Waals surface area contributed by atoms with Gasteiger partial charge in [-0.2, -0.15) is 5.06 Å². The van der Waals surface area contributed by atoms with Crippen LogP contribution >= 0.6 is 0 Å². The van der Waals surface area contributed by atoms with Gasteiger partial charge in [0.2, 0.25) is 11.8 Å². The van der Waals surface area contributed by atoms with E-state index in [2.05, 4.69) is 6.92 Å². The number of hydrogen-bond donors (Lipinski definition) is 0. The van der Waals surface area contributed by atoms with Gasteiger partial charge in [0.05, 0.1) is 23.5 Å². The first-order valence-corrected chi connectivity index (χ1v) is 11.6. The van der Waals surface area contributed by atoms with Crippen molar-refractivity contribution in [3.63, 3.8) is 0 Å². The molecule has 6 heteroatoms. The second-order valence-corrected chi connectivity index (χ2v) is 9.20. The van der Waals surface area contributed by atoms with Gasteiger partial charge in [-0.1, -0.05) is 44.2 Å². The van der Waals surface area contributed by atoms with Crippen molar-refractivity contribution in [3.05, 3.63) is 24.3 Å². The highest BCUT2D eigenvalue weighted by molar-refractivity contribution is 6.05. The van der Waals surface area contributed by atoms with Gasteiger partial charge in [0.15, 0.2) is 0 Å². The molecule has 0 N–H and O–H groups in total. The first-order valence-electron chi connectivity index (χ1n) is 11.6. The minimum atomic E-state index is -0.256. The lowest BCUT2D eigenvalue weighted by molar-refractivity contribution is -0.191. The first-order chi connectivity index (χ1) is 14.5. The van der Waals surface area contributed by atoms with Crippen LogP contribution in [0.5, 0.6) is 0 Å². The number of carbonyl (C=O) groups is 2. The lowest BCUT2D eigenvalue weighted by Gasteiger charge is -2.42. The van der Waals surface area contributed by atoms with Crippen molar-refractivity contribution in [3.8, 4) is 0 Å². The Hall–Kier alpha value is -1.92. The average molecular weight is 414 g/mol. The standard InChI is InChI=1S/C24H35N3O3/c1-17-16-25(21-13-9-10-14-22(21)26(17)19(3)28)24(29)23-15-18(2)30-27(23)20-11-7-5-4-6-8-12-20/h9-10,13-14,17-18,20,23H,4-8,11-12,15-16H2,1-3H3/t17-,18?,23?/m0/s1. The normalized spacial score (nSPS) is 28.7. The van der Waals surface area contributed by atoms with Crippen molar-refractivity contribution in [1.82, 2.24) is 5.06 Å². The zero-order valence-corrected chi connectivity index (χ0v) is 18.5. The highest BCUT2D eigenvalue weighted by Crippen LogP contribution is 2.38. The van der Waals surface area contributed by atoms with Crippen LogP contribution in [0.3, 0.4) is 0 Å². The Morgan fingerprint density at radius 1 is 0.967 bits per heavy atom. The number of benzene rings is 1. The number of fused-ring (bicyclic) bond motifs is 1. The van der Waals surface area contributed by atoms with E-state index in [0.717, 1.165) is 30.6 Å². The van der Waals surface area contributed by atoms with Gasteiger partial charge in [-0.3, -0.25) is 14.4 Å². The third-order valence-electron chi connectivity index (χ3n) is 6.81. The number of rotatable bonds is 2. The Balaban J connectivity index is 1.60. The molecule has 0 aromatic heterocycles. The van der Waals surface area contributed by atoms with Crippen LogP contribution in [0.15, 0.2) is 24.3 Å². The molecular weight excluding hydrogens is 378 g/mol. The van der Waals surface area contributed by atoms with E-state index in [1.165, 1.54) is 32.1 Å². The second kappa shape index (κ2) is 9.06. The van der Waals surface area contributed by atoms with Crippen molar-refractivity contribution < 1.29 is 14.4 Å². The summed E-state index contributed by atoms with van der Waals surface area (Å²) in [6.45, 7) is 6.18. The number of hydrogen-bond acceptors (Lipinski definition) is 4. The van der Waals surface area contributed by atoms with E-state index < -0.39 is 0 Å². The smallest absolute Gasteiger partial charge is 0.246 e. The summed E-state index contributed by atoms with van der Waals surface area (Å²) in [6, 6.07) is 7.76. The molecule has 6 nitrogen and oxygen atoms in total. The number of carbonyl (C=O) groups excluding carboxylic acids is 2. The summed E-state index contributed by atoms with van der Waals surface area (Å²) in [5.41, 5.74) is 1.65. The van der Waals surface area contributed by atoms with Gasteiger partial charge in [0.25, 0.3) is 0 Å². The number of nitrogens with zero attached hydrogens (tertiary/aromatic N) is 3. The van der Waals surface area contributed by atoms with Crippen LogP contribution in [-0.4, -0.2) is 47.7 Å². The van der Waals surface area contributed by atoms with Gasteiger partial charge < -0.3 is 9.80 Å². The monoisotopic (exact) mass is 413 g/mol. The van der Waals surface area contributed by atoms with Crippen LogP contribution in [0.2, 0.25) is 0 Å². The van der Waals surface area contributed by atoms with Crippen LogP contribution < -0.4 is 9.80 Å². The number of para-hydroxylation sites is 2. The molecule has 164 valence electrons. The Morgan fingerprint density at radius 2 is 1.60 bits per heavy atom. The summed E-state index contributed by atoms with van der Waals surface area (Å²) in [7, 11) is 0. The molecule has 3 atom stereocenters. The van der Waals surface area contributed by atoms with E-state index in [-0.39, 0.29) is 30.0 Å². The SMILES string of the molecule is CC(=O)N1c2ccccc2N(C(=O)C2CC(C)ON2C2CCCCCCC2)C[C@@H]1C. The lowest BCUT2D eigenvalue weighted by atomic mass is 9.95. The van der Waals surface area contributed by atoms with Crippen LogP contribution in [-0.2, 0) is 14.4 Å². The molecular formula is C24H35N3O3. The predicted octanol–water partition coefficient (Wildman–Crippen LogP) is 4.28. The lowest BCUT2D eigenvalue weighted by Crippen LogP contribution is -2.56. The van der Waals surface area contributed by atoms with E-state index in [1.807, 2.05) is 41.2 Å². The molecule has 30 heavy (non-hydrogen) atoms. The molecule has 4 rings (SSSR count). The zero-order valence-electron chi connectivity index (χ0n) is 18.5. The maximum absolute atomic E-state index is 13.8. The first kappa shape index (κ1) is 21.3. The highest BCUT2D eigenvalue weighted by atomic mass is 16.7. The minimum absolute atomic E-state index is 0.0102. The highest BCUT2D eigenvalue weighted by Gasteiger charge is 2.44. The van der Waals surface area contributed by atoms with Gasteiger partial charge in [-0.15, -0.1) is 0 Å². The number of anilines is 2. The number of amides is 2. The molecule has 1 saturated heterocycles. The minimum Gasteiger partial charge on any atom is -0.307 e. The van der Waals surface area contributed by atoms with E-state index in [4.69, 9.17) is 4.84 Å². The Kier molecular flexibility index (Phi) is 6.44. The summed E-state index contributed by atoms with van der Waals surface area (Å²) >= 11 is 0. The second-order valence-electron chi connectivity index (χ2n) is 9.20. The van der Waals surface area contributed by atoms with E-state index >= 15 is 0 Å². The maximum Gasteiger partial charge on any atom is 0.246 e. The van der Waals surface area contributed by atoms with Gasteiger partial charge >= 0.3 is 0 Å². The largest absolute Gasteiger partial charge is 0.307 e. The van der Waals surface area contributed by atoms with Gasteiger partial charge in [-0.25, -0.2) is 0 Å². The topological polar surface area (TPSA) is 53.1 Å². The van der Waals surface area contributed by atoms with E-state index in [1.54, 1.807) is 11.8 Å². The Morgan fingerprint density at radius 3 is 2.27 bits per heavy atom. The molecule has 1 aromatic rings. The molecule has 0 bridgehead atoms. The molecule has 2 unspecified atom stereocenters. The van der Waals surface area contributed by atoms with Crippen LogP contribution in [0.4, 0.5) is 11.4 Å². The fraction of sp³-hybridized carbons (Fsp3) is 0.667. The number of hydroxylamine groups is 2. The van der Waals surface area contributed by atoms with E-state index in [9.17, 15) is 9.59 Å². The van der Waals surface area contributed by atoms with Crippen molar-refractivity contribution in [2.75, 3.05) is 16.3 Å². The summed E-state index contributed by atoms with van der Waals surface area (Å²) in [5.74, 6) is 0.111. The van der Waals surface area contributed by atoms with Crippen molar-refractivity contribution >= 4 is 23.2 Å². The van der Waals surface area contributed by atoms with Gasteiger partial charge in [0, 0.05) is 25.9 Å². The maximum atomic E-state index is 13.8. The summed E-state index contributed by atoms with van der Waals surface area (Å²) in [4.78, 5) is 36.0. The average Bonchev–Trinajstić information content (AvgIpc) is 3.07. The molecule has 2 aliphatic heterocycles. The Labute approximate surface area is 180 Å². The molecule has 0 radical (unpaired) electrons. The van der Waals surface area contributed by atoms with Crippen molar-refractivity contribution in [2.45, 2.75) is 96.4 Å². The molecule has 0 spiro atoms. The quantitative estimate of drug-likeness (QED) is 0.726. The molecule has 2 fully saturated rings. The molecule has 2 amide bonds. The summed E-state index contributed by atoms with van der Waals surface area (Å²) in [6.07, 6.45) is 9.25. The molecule has 1 saturated carbocycles. The van der Waals surface area contributed by atoms with Crippen LogP contribution in [0.25, 0.3) is 0 Å². The Bertz CT molecular complexity index is 775. The van der Waals surface area contributed by atoms with Crippen LogP contribution in [0.1, 0.15) is 72.1 Å². The van der Waals surface area contributed by atoms with Crippen LogP contribution in [0, 0.1) is 0 Å². The summed E-state index contributed by atoms with van der Waals surface area (Å²) < 4.78 is 0. The fourth-order valence-electron chi connectivity index (χ4n) is 5.43. The van der Waals surface area contributed by atoms with Gasteiger partial charge in [-0.05, 0) is 38.8 Å². The van der Waals surface area contributed by atoms with Crippen molar-refractivity contribution in [2.24, 2.45) is 0 Å². The predicted molar refractivity (Wildman–Crippen MR) is 118 cm³/mol. The van der Waals surface area contributed by atoms with E-state index in [0.29, 0.717) is 12.6 Å². The molecule has 1 aromatic carbocycles. The third kappa shape index (κ3) is 4.12. The zero-order chi connectivity index (χ0) is 21.3. The molecule has 3 aliphatic rings. The fourth-order valence-corrected chi connectivity index (χ4v) is 5.43. The van der Waals surface area contributed by atoms with Crippen molar-refractivity contribution in [1.29, 1.82) is 0 Å². The molecule has 1 aliphatic carbocycles. The van der Waals surface area contributed by atoms with Gasteiger partial charge in [0.1, 0.15) is 6.04 Å².